The number of rotatable bonds is 3. The topological polar surface area (TPSA) is 34.2 Å². The SMILES string of the molecule is CC(Nc1nc2cc(C(F)(F)F)ccc2s1)C1CCCO1. The summed E-state index contributed by atoms with van der Waals surface area (Å²) in [5.41, 5.74) is -0.295. The highest BCUT2D eigenvalue weighted by Gasteiger charge is 2.31. The summed E-state index contributed by atoms with van der Waals surface area (Å²) in [5.74, 6) is 0. The van der Waals surface area contributed by atoms with Gasteiger partial charge >= 0.3 is 6.18 Å². The lowest BCUT2D eigenvalue weighted by Crippen LogP contribution is -2.29. The van der Waals surface area contributed by atoms with E-state index in [-0.39, 0.29) is 12.1 Å². The van der Waals surface area contributed by atoms with Gasteiger partial charge < -0.3 is 10.1 Å². The molecule has 1 aromatic carbocycles. The number of nitrogens with zero attached hydrogens (tertiary/aromatic N) is 1. The highest BCUT2D eigenvalue weighted by molar-refractivity contribution is 7.22. The predicted molar refractivity (Wildman–Crippen MR) is 76.7 cm³/mol. The molecule has 2 atom stereocenters. The number of benzene rings is 1. The summed E-state index contributed by atoms with van der Waals surface area (Å²) in [6.45, 7) is 2.77. The number of nitrogens with one attached hydrogen (secondary N) is 1. The summed E-state index contributed by atoms with van der Waals surface area (Å²) in [5, 5.41) is 3.86. The van der Waals surface area contributed by atoms with E-state index in [4.69, 9.17) is 4.74 Å². The number of thiazole rings is 1. The van der Waals surface area contributed by atoms with Crippen LogP contribution in [0.3, 0.4) is 0 Å². The van der Waals surface area contributed by atoms with E-state index in [1.165, 1.54) is 17.4 Å². The number of fused-ring (bicyclic) bond motifs is 1. The van der Waals surface area contributed by atoms with Crippen LogP contribution in [0.4, 0.5) is 18.3 Å². The molecular formula is C14H15F3N2OS. The van der Waals surface area contributed by atoms with Crippen molar-refractivity contribution in [2.75, 3.05) is 11.9 Å². The van der Waals surface area contributed by atoms with Crippen molar-refractivity contribution in [1.82, 2.24) is 4.98 Å². The van der Waals surface area contributed by atoms with Crippen LogP contribution in [-0.2, 0) is 10.9 Å². The highest BCUT2D eigenvalue weighted by Crippen LogP contribution is 2.34. The molecular weight excluding hydrogens is 301 g/mol. The van der Waals surface area contributed by atoms with Crippen LogP contribution < -0.4 is 5.32 Å². The van der Waals surface area contributed by atoms with Crippen molar-refractivity contribution in [2.45, 2.75) is 38.1 Å². The van der Waals surface area contributed by atoms with E-state index >= 15 is 0 Å². The van der Waals surface area contributed by atoms with Crippen LogP contribution in [0.25, 0.3) is 10.2 Å². The normalized spacial score (nSPS) is 20.9. The van der Waals surface area contributed by atoms with E-state index in [1.54, 1.807) is 0 Å². The van der Waals surface area contributed by atoms with Crippen molar-refractivity contribution < 1.29 is 17.9 Å². The summed E-state index contributed by atoms with van der Waals surface area (Å²) in [6, 6.07) is 3.74. The van der Waals surface area contributed by atoms with Gasteiger partial charge in [-0.1, -0.05) is 11.3 Å². The standard InChI is InChI=1S/C14H15F3N2OS/c1-8(11-3-2-6-20-11)18-13-19-10-7-9(14(15,16)17)4-5-12(10)21-13/h4-5,7-8,11H,2-3,6H2,1H3,(H,18,19). The molecule has 1 aliphatic rings. The zero-order valence-electron chi connectivity index (χ0n) is 11.4. The monoisotopic (exact) mass is 316 g/mol. The first kappa shape index (κ1) is 14.6. The van der Waals surface area contributed by atoms with Crippen molar-refractivity contribution in [3.8, 4) is 0 Å². The molecule has 0 aliphatic carbocycles. The van der Waals surface area contributed by atoms with E-state index < -0.39 is 11.7 Å². The Bertz CT molecular complexity index is 635. The maximum absolute atomic E-state index is 12.7. The third-order valence-electron chi connectivity index (χ3n) is 3.59. The lowest BCUT2D eigenvalue weighted by Gasteiger charge is -2.19. The summed E-state index contributed by atoms with van der Waals surface area (Å²) in [6.07, 6.45) is -2.15. The molecule has 7 heteroatoms. The van der Waals surface area contributed by atoms with Gasteiger partial charge in [0.05, 0.1) is 27.9 Å². The van der Waals surface area contributed by atoms with Crippen LogP contribution in [0, 0.1) is 0 Å². The maximum atomic E-state index is 12.7. The Morgan fingerprint density at radius 3 is 2.90 bits per heavy atom. The first-order chi connectivity index (χ1) is 9.93. The van der Waals surface area contributed by atoms with Gasteiger partial charge in [-0.25, -0.2) is 4.98 Å². The molecule has 1 N–H and O–H groups in total. The van der Waals surface area contributed by atoms with E-state index in [1.807, 2.05) is 6.92 Å². The predicted octanol–water partition coefficient (Wildman–Crippen LogP) is 4.29. The number of anilines is 1. The summed E-state index contributed by atoms with van der Waals surface area (Å²) >= 11 is 1.36. The van der Waals surface area contributed by atoms with Crippen LogP contribution >= 0.6 is 11.3 Å². The number of hydrogen-bond donors (Lipinski definition) is 1. The van der Waals surface area contributed by atoms with Crippen molar-refractivity contribution in [1.29, 1.82) is 0 Å². The molecule has 0 bridgehead atoms. The Morgan fingerprint density at radius 1 is 1.43 bits per heavy atom. The summed E-state index contributed by atoms with van der Waals surface area (Å²) in [7, 11) is 0. The molecule has 0 saturated carbocycles. The second-order valence-electron chi connectivity index (χ2n) is 5.18. The largest absolute Gasteiger partial charge is 0.416 e. The summed E-state index contributed by atoms with van der Waals surface area (Å²) < 4.78 is 44.4. The Labute approximate surface area is 124 Å². The van der Waals surface area contributed by atoms with E-state index in [0.29, 0.717) is 10.6 Å². The third kappa shape index (κ3) is 3.13. The van der Waals surface area contributed by atoms with Crippen LogP contribution in [0.2, 0.25) is 0 Å². The van der Waals surface area contributed by atoms with Crippen LogP contribution in [0.1, 0.15) is 25.3 Å². The minimum atomic E-state index is -4.34. The van der Waals surface area contributed by atoms with Crippen molar-refractivity contribution in [3.05, 3.63) is 23.8 Å². The molecule has 21 heavy (non-hydrogen) atoms. The fraction of sp³-hybridized carbons (Fsp3) is 0.500. The molecule has 2 unspecified atom stereocenters. The minimum Gasteiger partial charge on any atom is -0.376 e. The number of halogens is 3. The lowest BCUT2D eigenvalue weighted by atomic mass is 10.1. The zero-order valence-corrected chi connectivity index (χ0v) is 12.2. The molecule has 2 heterocycles. The quantitative estimate of drug-likeness (QED) is 0.917. The molecule has 1 saturated heterocycles. The molecule has 3 rings (SSSR count). The molecule has 0 amide bonds. The summed E-state index contributed by atoms with van der Waals surface area (Å²) in [4.78, 5) is 4.25. The maximum Gasteiger partial charge on any atom is 0.416 e. The lowest BCUT2D eigenvalue weighted by molar-refractivity contribution is -0.137. The number of ether oxygens (including phenoxy) is 1. The fourth-order valence-electron chi connectivity index (χ4n) is 2.45. The average molecular weight is 316 g/mol. The molecule has 1 aromatic heterocycles. The van der Waals surface area contributed by atoms with Crippen LogP contribution in [0.15, 0.2) is 18.2 Å². The number of hydrogen-bond acceptors (Lipinski definition) is 4. The second-order valence-corrected chi connectivity index (χ2v) is 6.21. The molecule has 1 aliphatic heterocycles. The molecule has 114 valence electrons. The van der Waals surface area contributed by atoms with Crippen LogP contribution in [0.5, 0.6) is 0 Å². The molecule has 0 spiro atoms. The number of aromatic nitrogens is 1. The van der Waals surface area contributed by atoms with Gasteiger partial charge in [-0.2, -0.15) is 13.2 Å². The van der Waals surface area contributed by atoms with Gasteiger partial charge in [0.1, 0.15) is 0 Å². The van der Waals surface area contributed by atoms with Crippen molar-refractivity contribution >= 4 is 26.7 Å². The second kappa shape index (κ2) is 5.46. The van der Waals surface area contributed by atoms with Gasteiger partial charge in [0.15, 0.2) is 5.13 Å². The van der Waals surface area contributed by atoms with Crippen molar-refractivity contribution in [2.24, 2.45) is 0 Å². The van der Waals surface area contributed by atoms with E-state index in [0.717, 1.165) is 36.3 Å². The zero-order chi connectivity index (χ0) is 15.0. The fourth-order valence-corrected chi connectivity index (χ4v) is 3.39. The van der Waals surface area contributed by atoms with Gasteiger partial charge in [0.25, 0.3) is 0 Å². The van der Waals surface area contributed by atoms with Crippen LogP contribution in [-0.4, -0.2) is 23.7 Å². The Hall–Kier alpha value is -1.34. The molecule has 3 nitrogen and oxygen atoms in total. The van der Waals surface area contributed by atoms with E-state index in [2.05, 4.69) is 10.3 Å². The molecule has 0 radical (unpaired) electrons. The average Bonchev–Trinajstić information content (AvgIpc) is 3.05. The van der Waals surface area contributed by atoms with Gasteiger partial charge in [-0.3, -0.25) is 0 Å². The van der Waals surface area contributed by atoms with E-state index in [9.17, 15) is 13.2 Å². The van der Waals surface area contributed by atoms with Gasteiger partial charge in [0.2, 0.25) is 0 Å². The highest BCUT2D eigenvalue weighted by atomic mass is 32.1. The third-order valence-corrected chi connectivity index (χ3v) is 4.56. The smallest absolute Gasteiger partial charge is 0.376 e. The Morgan fingerprint density at radius 2 is 2.24 bits per heavy atom. The first-order valence-electron chi connectivity index (χ1n) is 6.79. The Balaban J connectivity index is 1.80. The Kier molecular flexibility index (Phi) is 3.79. The number of alkyl halides is 3. The van der Waals surface area contributed by atoms with Crippen molar-refractivity contribution in [3.63, 3.8) is 0 Å². The molecule has 1 fully saturated rings. The molecule has 2 aromatic rings. The van der Waals surface area contributed by atoms with Gasteiger partial charge in [-0.05, 0) is 38.0 Å². The first-order valence-corrected chi connectivity index (χ1v) is 7.61. The minimum absolute atomic E-state index is 0.0927. The van der Waals surface area contributed by atoms with Gasteiger partial charge in [-0.15, -0.1) is 0 Å². The van der Waals surface area contributed by atoms with Gasteiger partial charge in [0, 0.05) is 6.61 Å².